The first kappa shape index (κ1) is 16.5. The molecule has 1 unspecified atom stereocenters. The molecule has 0 aliphatic heterocycles. The van der Waals surface area contributed by atoms with E-state index in [-0.39, 0.29) is 0 Å². The van der Waals surface area contributed by atoms with Crippen molar-refractivity contribution in [1.82, 2.24) is 0 Å². The summed E-state index contributed by atoms with van der Waals surface area (Å²) in [4.78, 5) is 2.46. The average Bonchev–Trinajstić information content (AvgIpc) is 2.38. The summed E-state index contributed by atoms with van der Waals surface area (Å²) in [6.07, 6.45) is 3.12. The van der Waals surface area contributed by atoms with E-state index in [4.69, 9.17) is 0 Å². The monoisotopic (exact) mass is 327 g/mol. The molecule has 2 atom stereocenters. The van der Waals surface area contributed by atoms with Crippen LogP contribution in [0.5, 0.6) is 0 Å². The second kappa shape index (κ2) is 7.91. The Hall–Kier alpha value is -0.540. The van der Waals surface area contributed by atoms with Crippen molar-refractivity contribution in [3.8, 4) is 0 Å². The molecule has 3 heteroatoms. The van der Waals surface area contributed by atoms with Crippen LogP contribution in [0.2, 0.25) is 0 Å². The maximum absolute atomic E-state index is 9.69. The van der Waals surface area contributed by atoms with Gasteiger partial charge in [-0.1, -0.05) is 42.3 Å². The van der Waals surface area contributed by atoms with Crippen LogP contribution in [0.4, 0.5) is 5.69 Å². The maximum atomic E-state index is 9.69. The molecule has 1 aromatic rings. The zero-order chi connectivity index (χ0) is 14.4. The molecule has 0 fully saturated rings. The van der Waals surface area contributed by atoms with Gasteiger partial charge in [-0.25, -0.2) is 0 Å². The minimum atomic E-state index is -0.434. The second-order valence-corrected chi connectivity index (χ2v) is 6.04. The summed E-state index contributed by atoms with van der Waals surface area (Å²) < 4.78 is 0.991. The van der Waals surface area contributed by atoms with Gasteiger partial charge in [0.2, 0.25) is 0 Å². The number of nitrogens with zero attached hydrogens (tertiary/aromatic N) is 1. The van der Waals surface area contributed by atoms with Gasteiger partial charge in [0.1, 0.15) is 0 Å². The largest absolute Gasteiger partial charge is 0.389 e. The molecule has 0 aliphatic carbocycles. The molecule has 1 N–H and O–H groups in total. The Morgan fingerprint density at radius 3 is 2.42 bits per heavy atom. The van der Waals surface area contributed by atoms with Gasteiger partial charge in [0.15, 0.2) is 0 Å². The normalized spacial score (nSPS) is 14.2. The highest BCUT2D eigenvalue weighted by atomic mass is 79.9. The van der Waals surface area contributed by atoms with Crippen molar-refractivity contribution in [3.63, 3.8) is 0 Å². The zero-order valence-electron chi connectivity index (χ0n) is 12.5. The van der Waals surface area contributed by atoms with Gasteiger partial charge in [0.25, 0.3) is 0 Å². The first-order valence-electron chi connectivity index (χ1n) is 7.25. The highest BCUT2D eigenvalue weighted by Crippen LogP contribution is 2.29. The van der Waals surface area contributed by atoms with E-state index in [0.717, 1.165) is 23.0 Å². The molecule has 0 saturated carbocycles. The molecular formula is C16H26BrNO. The number of benzene rings is 1. The van der Waals surface area contributed by atoms with Crippen LogP contribution < -0.4 is 4.90 Å². The first-order valence-corrected chi connectivity index (χ1v) is 8.04. The third-order valence-electron chi connectivity index (χ3n) is 3.64. The predicted octanol–water partition coefficient (Wildman–Crippen LogP) is 4.91. The van der Waals surface area contributed by atoms with Crippen LogP contribution in [0.1, 0.15) is 58.6 Å². The lowest BCUT2D eigenvalue weighted by atomic mass is 10.1. The molecular weight excluding hydrogens is 302 g/mol. The zero-order valence-corrected chi connectivity index (χ0v) is 14.1. The minimum absolute atomic E-state index is 0.434. The van der Waals surface area contributed by atoms with Crippen molar-refractivity contribution in [2.45, 2.75) is 59.1 Å². The van der Waals surface area contributed by atoms with Crippen molar-refractivity contribution >= 4 is 21.6 Å². The van der Waals surface area contributed by atoms with Crippen LogP contribution >= 0.6 is 15.9 Å². The van der Waals surface area contributed by atoms with Gasteiger partial charge in [-0.05, 0) is 44.4 Å². The number of aliphatic hydroxyl groups is 1. The molecule has 1 aromatic carbocycles. The Morgan fingerprint density at radius 2 is 1.95 bits per heavy atom. The first-order chi connectivity index (χ1) is 9.01. The summed E-state index contributed by atoms with van der Waals surface area (Å²) in [7, 11) is 0. The van der Waals surface area contributed by atoms with E-state index < -0.39 is 6.10 Å². The smallest absolute Gasteiger partial charge is 0.0772 e. The average molecular weight is 328 g/mol. The molecule has 0 radical (unpaired) electrons. The summed E-state index contributed by atoms with van der Waals surface area (Å²) in [5, 5.41) is 9.69. The summed E-state index contributed by atoms with van der Waals surface area (Å²) in [6.45, 7) is 9.60. The van der Waals surface area contributed by atoms with Crippen LogP contribution in [0.3, 0.4) is 0 Å². The third kappa shape index (κ3) is 4.50. The van der Waals surface area contributed by atoms with Gasteiger partial charge >= 0.3 is 0 Å². The molecule has 0 saturated heterocycles. The van der Waals surface area contributed by atoms with E-state index in [9.17, 15) is 5.11 Å². The van der Waals surface area contributed by atoms with Crippen molar-refractivity contribution in [2.75, 3.05) is 11.4 Å². The fraction of sp³-hybridized carbons (Fsp3) is 0.625. The lowest BCUT2D eigenvalue weighted by Gasteiger charge is -2.31. The number of aliphatic hydroxyl groups excluding tert-OH is 1. The fourth-order valence-electron chi connectivity index (χ4n) is 2.19. The highest BCUT2D eigenvalue weighted by Gasteiger charge is 2.14. The molecule has 108 valence electrons. The van der Waals surface area contributed by atoms with Crippen molar-refractivity contribution in [3.05, 3.63) is 28.2 Å². The van der Waals surface area contributed by atoms with Crippen molar-refractivity contribution in [1.29, 1.82) is 0 Å². The molecule has 1 rings (SSSR count). The topological polar surface area (TPSA) is 23.5 Å². The fourth-order valence-corrected chi connectivity index (χ4v) is 2.88. The SMILES string of the molecule is CCCCN(c1ccc([C@H](C)O)c(Br)c1)C(C)CC. The quantitative estimate of drug-likeness (QED) is 0.769. The van der Waals surface area contributed by atoms with Crippen LogP contribution in [-0.4, -0.2) is 17.7 Å². The van der Waals surface area contributed by atoms with Crippen LogP contribution in [-0.2, 0) is 0 Å². The summed E-state index contributed by atoms with van der Waals surface area (Å²) in [6, 6.07) is 6.81. The van der Waals surface area contributed by atoms with Gasteiger partial charge in [0.05, 0.1) is 6.10 Å². The molecule has 19 heavy (non-hydrogen) atoms. The van der Waals surface area contributed by atoms with Crippen molar-refractivity contribution < 1.29 is 5.11 Å². The molecule has 0 spiro atoms. The summed E-state index contributed by atoms with van der Waals surface area (Å²) >= 11 is 3.57. The van der Waals surface area contributed by atoms with Crippen LogP contribution in [0.25, 0.3) is 0 Å². The number of anilines is 1. The minimum Gasteiger partial charge on any atom is -0.389 e. The Morgan fingerprint density at radius 1 is 1.26 bits per heavy atom. The van der Waals surface area contributed by atoms with E-state index >= 15 is 0 Å². The standard InChI is InChI=1S/C16H26BrNO/c1-5-7-10-18(12(3)6-2)14-8-9-15(13(4)19)16(17)11-14/h8-9,11-13,19H,5-7,10H2,1-4H3/t12?,13-/m0/s1. The lowest BCUT2D eigenvalue weighted by molar-refractivity contribution is 0.198. The molecule has 0 bridgehead atoms. The number of rotatable bonds is 7. The van der Waals surface area contributed by atoms with Crippen LogP contribution in [0, 0.1) is 0 Å². The molecule has 2 nitrogen and oxygen atoms in total. The lowest BCUT2D eigenvalue weighted by Crippen LogP contribution is -2.33. The highest BCUT2D eigenvalue weighted by molar-refractivity contribution is 9.10. The predicted molar refractivity (Wildman–Crippen MR) is 86.8 cm³/mol. The van der Waals surface area contributed by atoms with E-state index in [0.29, 0.717) is 6.04 Å². The second-order valence-electron chi connectivity index (χ2n) is 5.19. The van der Waals surface area contributed by atoms with Gasteiger partial charge < -0.3 is 10.0 Å². The Balaban J connectivity index is 2.99. The molecule has 0 aliphatic rings. The Bertz CT molecular complexity index is 392. The van der Waals surface area contributed by atoms with Crippen molar-refractivity contribution in [2.24, 2.45) is 0 Å². The number of hydrogen-bond acceptors (Lipinski definition) is 2. The number of unbranched alkanes of at least 4 members (excludes halogenated alkanes) is 1. The van der Waals surface area contributed by atoms with Crippen LogP contribution in [0.15, 0.2) is 22.7 Å². The van der Waals surface area contributed by atoms with E-state index in [2.05, 4.69) is 53.7 Å². The Labute approximate surface area is 126 Å². The van der Waals surface area contributed by atoms with E-state index in [1.807, 2.05) is 6.07 Å². The van der Waals surface area contributed by atoms with Gasteiger partial charge in [-0.15, -0.1) is 0 Å². The van der Waals surface area contributed by atoms with Gasteiger partial charge in [-0.2, -0.15) is 0 Å². The molecule has 0 heterocycles. The maximum Gasteiger partial charge on any atom is 0.0772 e. The molecule has 0 amide bonds. The Kier molecular flexibility index (Phi) is 6.87. The van der Waals surface area contributed by atoms with Gasteiger partial charge in [-0.3, -0.25) is 0 Å². The summed E-state index contributed by atoms with van der Waals surface area (Å²) in [5.74, 6) is 0. The third-order valence-corrected chi connectivity index (χ3v) is 4.33. The van der Waals surface area contributed by atoms with E-state index in [1.54, 1.807) is 6.92 Å². The van der Waals surface area contributed by atoms with E-state index in [1.165, 1.54) is 18.5 Å². The molecule has 0 aromatic heterocycles. The number of hydrogen-bond donors (Lipinski definition) is 1. The summed E-state index contributed by atoms with van der Waals surface area (Å²) in [5.41, 5.74) is 2.18. The number of halogens is 1. The van der Waals surface area contributed by atoms with Gasteiger partial charge in [0, 0.05) is 22.7 Å².